The molecular weight excluding hydrogens is 202 g/mol. The van der Waals surface area contributed by atoms with Gasteiger partial charge in [0.15, 0.2) is 0 Å². The molecule has 0 aromatic carbocycles. The third-order valence-corrected chi connectivity index (χ3v) is 4.63. The number of likely N-dealkylation sites (tertiary alicyclic amines) is 1. The Labute approximate surface area is 98.1 Å². The van der Waals surface area contributed by atoms with E-state index in [4.69, 9.17) is 4.74 Å². The van der Waals surface area contributed by atoms with E-state index >= 15 is 0 Å². The molecule has 2 fully saturated rings. The molecule has 1 aliphatic carbocycles. The van der Waals surface area contributed by atoms with Crippen LogP contribution in [0.25, 0.3) is 0 Å². The summed E-state index contributed by atoms with van der Waals surface area (Å²) in [6.07, 6.45) is 7.16. The fourth-order valence-corrected chi connectivity index (χ4v) is 3.23. The van der Waals surface area contributed by atoms with Gasteiger partial charge in [-0.2, -0.15) is 0 Å². The standard InChI is InChI=1S/C13H23NO2/c1-14-9-7-13(8-10-14)5-3-11(4-6-13)12(15)16-2/h11H,3-10H2,1-2H3. The van der Waals surface area contributed by atoms with Gasteiger partial charge in [-0.1, -0.05) is 0 Å². The highest BCUT2D eigenvalue weighted by Crippen LogP contribution is 2.46. The second-order valence-corrected chi connectivity index (χ2v) is 5.60. The molecular formula is C13H23NO2. The Hall–Kier alpha value is -0.570. The highest BCUT2D eigenvalue weighted by Gasteiger charge is 2.39. The van der Waals surface area contributed by atoms with Gasteiger partial charge in [-0.15, -0.1) is 0 Å². The molecule has 2 rings (SSSR count). The van der Waals surface area contributed by atoms with Crippen molar-refractivity contribution < 1.29 is 9.53 Å². The lowest BCUT2D eigenvalue weighted by atomic mass is 9.65. The number of hydrogen-bond donors (Lipinski definition) is 0. The first-order valence-corrected chi connectivity index (χ1v) is 6.42. The number of ether oxygens (including phenoxy) is 1. The maximum atomic E-state index is 11.5. The number of hydrogen-bond acceptors (Lipinski definition) is 3. The molecule has 0 bridgehead atoms. The topological polar surface area (TPSA) is 29.5 Å². The number of carbonyl (C=O) groups excluding carboxylic acids is 1. The molecule has 1 saturated carbocycles. The molecule has 0 aromatic rings. The lowest BCUT2D eigenvalue weighted by Gasteiger charge is -2.44. The van der Waals surface area contributed by atoms with Crippen LogP contribution in [-0.4, -0.2) is 38.1 Å². The van der Waals surface area contributed by atoms with Crippen LogP contribution in [0, 0.1) is 11.3 Å². The number of rotatable bonds is 1. The van der Waals surface area contributed by atoms with Crippen molar-refractivity contribution in [2.24, 2.45) is 11.3 Å². The molecule has 16 heavy (non-hydrogen) atoms. The van der Waals surface area contributed by atoms with Crippen LogP contribution in [0.2, 0.25) is 0 Å². The molecule has 1 heterocycles. The van der Waals surface area contributed by atoms with E-state index in [0.29, 0.717) is 5.41 Å². The van der Waals surface area contributed by atoms with Crippen molar-refractivity contribution in [2.75, 3.05) is 27.2 Å². The maximum absolute atomic E-state index is 11.5. The van der Waals surface area contributed by atoms with Crippen molar-refractivity contribution in [1.82, 2.24) is 4.90 Å². The van der Waals surface area contributed by atoms with Gasteiger partial charge in [-0.3, -0.25) is 4.79 Å². The third-order valence-electron chi connectivity index (χ3n) is 4.63. The fraction of sp³-hybridized carbons (Fsp3) is 0.923. The van der Waals surface area contributed by atoms with Crippen molar-refractivity contribution in [3.63, 3.8) is 0 Å². The SMILES string of the molecule is COC(=O)C1CCC2(CC1)CCN(C)CC2. The molecule has 1 aliphatic heterocycles. The number of piperidine rings is 1. The Kier molecular flexibility index (Phi) is 3.53. The van der Waals surface area contributed by atoms with Crippen molar-refractivity contribution in [1.29, 1.82) is 0 Å². The predicted molar refractivity (Wildman–Crippen MR) is 63.1 cm³/mol. The summed E-state index contributed by atoms with van der Waals surface area (Å²) in [4.78, 5) is 13.9. The average Bonchev–Trinajstić information content (AvgIpc) is 2.33. The van der Waals surface area contributed by atoms with Gasteiger partial charge in [0.1, 0.15) is 0 Å². The van der Waals surface area contributed by atoms with Gasteiger partial charge in [0.05, 0.1) is 13.0 Å². The van der Waals surface area contributed by atoms with Crippen LogP contribution in [-0.2, 0) is 9.53 Å². The first-order chi connectivity index (χ1) is 7.65. The van der Waals surface area contributed by atoms with Gasteiger partial charge in [0.2, 0.25) is 0 Å². The molecule has 0 amide bonds. The van der Waals surface area contributed by atoms with E-state index in [2.05, 4.69) is 11.9 Å². The van der Waals surface area contributed by atoms with Gasteiger partial charge < -0.3 is 9.64 Å². The maximum Gasteiger partial charge on any atom is 0.308 e. The zero-order valence-corrected chi connectivity index (χ0v) is 10.5. The van der Waals surface area contributed by atoms with Crippen molar-refractivity contribution in [3.05, 3.63) is 0 Å². The van der Waals surface area contributed by atoms with Gasteiger partial charge in [0, 0.05) is 0 Å². The van der Waals surface area contributed by atoms with Crippen LogP contribution in [0.15, 0.2) is 0 Å². The predicted octanol–water partition coefficient (Wildman–Crippen LogP) is 2.06. The summed E-state index contributed by atoms with van der Waals surface area (Å²) in [6, 6.07) is 0. The van der Waals surface area contributed by atoms with E-state index in [1.165, 1.54) is 45.9 Å². The summed E-state index contributed by atoms with van der Waals surface area (Å²) in [5.41, 5.74) is 0.553. The zero-order valence-electron chi connectivity index (χ0n) is 10.5. The van der Waals surface area contributed by atoms with E-state index in [9.17, 15) is 4.79 Å². The molecule has 0 radical (unpaired) electrons. The monoisotopic (exact) mass is 225 g/mol. The molecule has 1 spiro atoms. The van der Waals surface area contributed by atoms with Gasteiger partial charge in [0.25, 0.3) is 0 Å². The van der Waals surface area contributed by atoms with Crippen LogP contribution in [0.1, 0.15) is 38.5 Å². The largest absolute Gasteiger partial charge is 0.469 e. The van der Waals surface area contributed by atoms with Crippen LogP contribution in [0.5, 0.6) is 0 Å². The Morgan fingerprint density at radius 3 is 2.25 bits per heavy atom. The molecule has 1 saturated heterocycles. The number of methoxy groups -OCH3 is 1. The minimum absolute atomic E-state index is 0.00257. The molecule has 92 valence electrons. The summed E-state index contributed by atoms with van der Waals surface area (Å²) < 4.78 is 4.84. The minimum atomic E-state index is 0.00257. The van der Waals surface area contributed by atoms with Gasteiger partial charge in [-0.25, -0.2) is 0 Å². The Morgan fingerprint density at radius 1 is 1.19 bits per heavy atom. The van der Waals surface area contributed by atoms with Crippen LogP contribution >= 0.6 is 0 Å². The second-order valence-electron chi connectivity index (χ2n) is 5.60. The first kappa shape index (κ1) is 11.9. The molecule has 0 N–H and O–H groups in total. The smallest absolute Gasteiger partial charge is 0.308 e. The summed E-state index contributed by atoms with van der Waals surface area (Å²) in [6.45, 7) is 2.45. The fourth-order valence-electron chi connectivity index (χ4n) is 3.23. The lowest BCUT2D eigenvalue weighted by Crippen LogP contribution is -2.41. The average molecular weight is 225 g/mol. The zero-order chi connectivity index (χ0) is 11.6. The summed E-state index contributed by atoms with van der Waals surface area (Å²) in [5.74, 6) is 0.179. The normalized spacial score (nSPS) is 26.9. The van der Waals surface area contributed by atoms with E-state index in [1.54, 1.807) is 0 Å². The summed E-state index contributed by atoms with van der Waals surface area (Å²) in [5, 5.41) is 0. The molecule has 0 atom stereocenters. The van der Waals surface area contributed by atoms with E-state index in [0.717, 1.165) is 12.8 Å². The van der Waals surface area contributed by atoms with Crippen LogP contribution in [0.4, 0.5) is 0 Å². The Bertz CT molecular complexity index is 247. The lowest BCUT2D eigenvalue weighted by molar-refractivity contribution is -0.147. The molecule has 0 aromatic heterocycles. The quantitative estimate of drug-likeness (QED) is 0.640. The first-order valence-electron chi connectivity index (χ1n) is 6.42. The van der Waals surface area contributed by atoms with Crippen LogP contribution in [0.3, 0.4) is 0 Å². The van der Waals surface area contributed by atoms with Crippen molar-refractivity contribution >= 4 is 5.97 Å². The van der Waals surface area contributed by atoms with Crippen molar-refractivity contribution in [2.45, 2.75) is 38.5 Å². The van der Waals surface area contributed by atoms with Gasteiger partial charge >= 0.3 is 5.97 Å². The van der Waals surface area contributed by atoms with E-state index in [-0.39, 0.29) is 11.9 Å². The van der Waals surface area contributed by atoms with E-state index in [1.807, 2.05) is 0 Å². The highest BCUT2D eigenvalue weighted by atomic mass is 16.5. The third kappa shape index (κ3) is 2.40. The van der Waals surface area contributed by atoms with Crippen LogP contribution < -0.4 is 0 Å². The minimum Gasteiger partial charge on any atom is -0.469 e. The Morgan fingerprint density at radius 2 is 1.75 bits per heavy atom. The molecule has 3 heteroatoms. The summed E-state index contributed by atoms with van der Waals surface area (Å²) in [7, 11) is 3.70. The highest BCUT2D eigenvalue weighted by molar-refractivity contribution is 5.72. The van der Waals surface area contributed by atoms with Gasteiger partial charge in [-0.05, 0) is 64.1 Å². The molecule has 0 unspecified atom stereocenters. The van der Waals surface area contributed by atoms with Crippen molar-refractivity contribution in [3.8, 4) is 0 Å². The number of carbonyl (C=O) groups is 1. The molecule has 3 nitrogen and oxygen atoms in total. The second kappa shape index (κ2) is 4.74. The Balaban J connectivity index is 1.87. The summed E-state index contributed by atoms with van der Waals surface area (Å²) >= 11 is 0. The molecule has 2 aliphatic rings. The number of esters is 1. The number of nitrogens with zero attached hydrogens (tertiary/aromatic N) is 1. The van der Waals surface area contributed by atoms with E-state index < -0.39 is 0 Å².